The average molecular weight is 246 g/mol. The summed E-state index contributed by atoms with van der Waals surface area (Å²) < 4.78 is 0. The lowest BCUT2D eigenvalue weighted by Crippen LogP contribution is -2.35. The topological polar surface area (TPSA) is 26.0 Å². The van der Waals surface area contributed by atoms with Crippen molar-refractivity contribution < 1.29 is 0 Å². The Labute approximate surface area is 108 Å². The largest absolute Gasteiger partial charge is 0.318 e. The predicted molar refractivity (Wildman–Crippen MR) is 73.4 cm³/mol. The van der Waals surface area contributed by atoms with E-state index in [-0.39, 0.29) is 17.9 Å². The van der Waals surface area contributed by atoms with Crippen LogP contribution in [0.4, 0.5) is 0 Å². The second-order valence-electron chi connectivity index (χ2n) is 4.49. The third-order valence-corrected chi connectivity index (χ3v) is 3.58. The highest BCUT2D eigenvalue weighted by atomic mass is 35.5. The highest BCUT2D eigenvalue weighted by Crippen LogP contribution is 2.39. The first-order chi connectivity index (χ1) is 7.81. The molecule has 0 saturated carbocycles. The van der Waals surface area contributed by atoms with Crippen LogP contribution in [0.1, 0.15) is 23.1 Å². The van der Waals surface area contributed by atoms with Gasteiger partial charge in [0.2, 0.25) is 0 Å². The van der Waals surface area contributed by atoms with E-state index in [1.165, 1.54) is 16.7 Å². The average Bonchev–Trinajstić information content (AvgIpc) is 2.71. The molecule has 0 bridgehead atoms. The van der Waals surface area contributed by atoms with E-state index in [1.807, 2.05) is 6.07 Å². The maximum atomic E-state index is 6.59. The summed E-state index contributed by atoms with van der Waals surface area (Å²) in [6, 6.07) is 18.9. The number of benzene rings is 2. The second-order valence-corrected chi connectivity index (χ2v) is 4.49. The summed E-state index contributed by atoms with van der Waals surface area (Å²) >= 11 is 0. The fourth-order valence-corrected chi connectivity index (χ4v) is 2.68. The van der Waals surface area contributed by atoms with Crippen molar-refractivity contribution in [3.8, 4) is 0 Å². The Hall–Kier alpha value is -1.31. The molecule has 2 aromatic carbocycles. The first kappa shape index (κ1) is 12.2. The van der Waals surface area contributed by atoms with E-state index < -0.39 is 0 Å². The maximum Gasteiger partial charge on any atom is 0.0671 e. The molecule has 17 heavy (non-hydrogen) atoms. The first-order valence-electron chi connectivity index (χ1n) is 5.73. The van der Waals surface area contributed by atoms with Gasteiger partial charge in [0.1, 0.15) is 0 Å². The van der Waals surface area contributed by atoms with Gasteiger partial charge in [-0.15, -0.1) is 12.4 Å². The highest BCUT2D eigenvalue weighted by molar-refractivity contribution is 5.85. The molecule has 1 unspecified atom stereocenters. The van der Waals surface area contributed by atoms with Crippen LogP contribution in [0.15, 0.2) is 54.6 Å². The molecule has 2 aromatic rings. The molecule has 0 spiro atoms. The molecule has 0 heterocycles. The molecular formula is C15H16ClN. The van der Waals surface area contributed by atoms with Gasteiger partial charge in [-0.1, -0.05) is 54.6 Å². The van der Waals surface area contributed by atoms with E-state index in [9.17, 15) is 0 Å². The quantitative estimate of drug-likeness (QED) is 0.820. The molecule has 0 amide bonds. The number of nitrogens with two attached hydrogens (primary N) is 1. The van der Waals surface area contributed by atoms with Gasteiger partial charge in [-0.2, -0.15) is 0 Å². The third-order valence-electron chi connectivity index (χ3n) is 3.58. The van der Waals surface area contributed by atoms with Crippen LogP contribution in [0.2, 0.25) is 0 Å². The van der Waals surface area contributed by atoms with Crippen LogP contribution in [-0.2, 0) is 12.0 Å². The fourth-order valence-electron chi connectivity index (χ4n) is 2.68. The van der Waals surface area contributed by atoms with Crippen LogP contribution in [0.5, 0.6) is 0 Å². The van der Waals surface area contributed by atoms with Gasteiger partial charge in [0, 0.05) is 0 Å². The zero-order valence-corrected chi connectivity index (χ0v) is 10.4. The number of hydrogen-bond donors (Lipinski definition) is 1. The number of fused-ring (bicyclic) bond motifs is 1. The van der Waals surface area contributed by atoms with Crippen molar-refractivity contribution in [3.05, 3.63) is 71.3 Å². The molecule has 1 nitrogen and oxygen atoms in total. The van der Waals surface area contributed by atoms with Crippen LogP contribution >= 0.6 is 12.4 Å². The normalized spacial score (nSPS) is 21.7. The molecule has 0 radical (unpaired) electrons. The van der Waals surface area contributed by atoms with E-state index in [1.54, 1.807) is 0 Å². The predicted octanol–water partition coefficient (Wildman–Crippen LogP) is 3.26. The monoisotopic (exact) mass is 245 g/mol. The molecule has 2 N–H and O–H groups in total. The van der Waals surface area contributed by atoms with Crippen LogP contribution < -0.4 is 5.73 Å². The van der Waals surface area contributed by atoms with Crippen LogP contribution in [0.3, 0.4) is 0 Å². The number of hydrogen-bond acceptors (Lipinski definition) is 1. The van der Waals surface area contributed by atoms with Crippen LogP contribution in [-0.4, -0.2) is 0 Å². The van der Waals surface area contributed by atoms with Crippen LogP contribution in [0, 0.1) is 0 Å². The molecule has 3 rings (SSSR count). The summed E-state index contributed by atoms with van der Waals surface area (Å²) in [5.74, 6) is 0. The number of halogens is 1. The Morgan fingerprint density at radius 2 is 1.53 bits per heavy atom. The third kappa shape index (κ3) is 1.86. The Bertz CT molecular complexity index is 509. The van der Waals surface area contributed by atoms with E-state index in [0.29, 0.717) is 0 Å². The van der Waals surface area contributed by atoms with Gasteiger partial charge in [0.15, 0.2) is 0 Å². The smallest absolute Gasteiger partial charge is 0.0671 e. The zero-order valence-electron chi connectivity index (χ0n) is 9.60. The van der Waals surface area contributed by atoms with Gasteiger partial charge in [-0.3, -0.25) is 0 Å². The zero-order chi connectivity index (χ0) is 11.0. The van der Waals surface area contributed by atoms with Crippen LogP contribution in [0.25, 0.3) is 0 Å². The van der Waals surface area contributed by atoms with Gasteiger partial charge < -0.3 is 5.73 Å². The van der Waals surface area contributed by atoms with E-state index >= 15 is 0 Å². The lowest BCUT2D eigenvalue weighted by molar-refractivity contribution is 0.535. The highest BCUT2D eigenvalue weighted by Gasteiger charge is 2.35. The van der Waals surface area contributed by atoms with E-state index in [2.05, 4.69) is 48.5 Å². The second kappa shape index (κ2) is 4.52. The number of aryl methyl sites for hydroxylation is 1. The van der Waals surface area contributed by atoms with Crippen molar-refractivity contribution in [1.29, 1.82) is 0 Å². The SMILES string of the molecule is Cl.NC1(c2ccccc2)CCc2ccccc21. The van der Waals surface area contributed by atoms with Gasteiger partial charge in [-0.05, 0) is 29.5 Å². The standard InChI is InChI=1S/C15H15N.ClH/c16-15(13-7-2-1-3-8-13)11-10-12-6-4-5-9-14(12)15;/h1-9H,10-11,16H2;1H. The molecule has 1 aliphatic carbocycles. The summed E-state index contributed by atoms with van der Waals surface area (Å²) in [5.41, 5.74) is 10.2. The van der Waals surface area contributed by atoms with Crippen molar-refractivity contribution in [3.63, 3.8) is 0 Å². The van der Waals surface area contributed by atoms with Crippen molar-refractivity contribution >= 4 is 12.4 Å². The lowest BCUT2D eigenvalue weighted by atomic mass is 9.85. The molecule has 88 valence electrons. The Morgan fingerprint density at radius 1 is 0.882 bits per heavy atom. The lowest BCUT2D eigenvalue weighted by Gasteiger charge is -2.26. The fraction of sp³-hybridized carbons (Fsp3) is 0.200. The first-order valence-corrected chi connectivity index (χ1v) is 5.73. The van der Waals surface area contributed by atoms with Crippen molar-refractivity contribution in [2.24, 2.45) is 5.73 Å². The van der Waals surface area contributed by atoms with E-state index in [0.717, 1.165) is 12.8 Å². The molecule has 1 aliphatic rings. The maximum absolute atomic E-state index is 6.59. The molecule has 0 fully saturated rings. The summed E-state index contributed by atoms with van der Waals surface area (Å²) in [4.78, 5) is 0. The Balaban J connectivity index is 0.00000108. The molecule has 0 saturated heterocycles. The Morgan fingerprint density at radius 3 is 2.29 bits per heavy atom. The van der Waals surface area contributed by atoms with Crippen molar-refractivity contribution in [1.82, 2.24) is 0 Å². The molecule has 2 heteroatoms. The van der Waals surface area contributed by atoms with Gasteiger partial charge in [0.05, 0.1) is 5.54 Å². The van der Waals surface area contributed by atoms with Gasteiger partial charge in [-0.25, -0.2) is 0 Å². The number of rotatable bonds is 1. The summed E-state index contributed by atoms with van der Waals surface area (Å²) in [7, 11) is 0. The van der Waals surface area contributed by atoms with Crippen molar-refractivity contribution in [2.75, 3.05) is 0 Å². The Kier molecular flexibility index (Phi) is 3.23. The van der Waals surface area contributed by atoms with Gasteiger partial charge in [0.25, 0.3) is 0 Å². The molecule has 0 aromatic heterocycles. The summed E-state index contributed by atoms with van der Waals surface area (Å²) in [6.45, 7) is 0. The van der Waals surface area contributed by atoms with Gasteiger partial charge >= 0.3 is 0 Å². The minimum atomic E-state index is -0.280. The molecular weight excluding hydrogens is 230 g/mol. The van der Waals surface area contributed by atoms with E-state index in [4.69, 9.17) is 5.73 Å². The minimum Gasteiger partial charge on any atom is -0.318 e. The van der Waals surface area contributed by atoms with Crippen molar-refractivity contribution in [2.45, 2.75) is 18.4 Å². The summed E-state index contributed by atoms with van der Waals surface area (Å²) in [5, 5.41) is 0. The summed E-state index contributed by atoms with van der Waals surface area (Å²) in [6.07, 6.45) is 2.10. The minimum absolute atomic E-state index is 0. The molecule has 1 atom stereocenters. The molecule has 0 aliphatic heterocycles.